The van der Waals surface area contributed by atoms with Crippen LogP contribution >= 0.6 is 0 Å². The quantitative estimate of drug-likeness (QED) is 0.696. The Morgan fingerprint density at radius 1 is 1.14 bits per heavy atom. The van der Waals surface area contributed by atoms with Gasteiger partial charge in [0, 0.05) is 85.9 Å². The fourth-order valence-corrected chi connectivity index (χ4v) is 4.24. The first kappa shape index (κ1) is 21.6. The van der Waals surface area contributed by atoms with Gasteiger partial charge in [-0.15, -0.1) is 0 Å². The molecule has 0 aromatic carbocycles. The highest BCUT2D eigenvalue weighted by Crippen LogP contribution is 2.23. The molecule has 2 saturated heterocycles. The van der Waals surface area contributed by atoms with Crippen molar-refractivity contribution < 1.29 is 14.3 Å². The molecule has 0 spiro atoms. The number of carbonyl (C=O) groups is 2. The molecule has 0 saturated carbocycles. The van der Waals surface area contributed by atoms with Crippen molar-refractivity contribution in [1.82, 2.24) is 29.4 Å². The van der Waals surface area contributed by atoms with Crippen LogP contribution in [0.25, 0.3) is 0 Å². The van der Waals surface area contributed by atoms with Gasteiger partial charge >= 0.3 is 6.03 Å². The molecule has 9 heteroatoms. The maximum atomic E-state index is 12.6. The molecule has 1 aromatic rings. The number of aryl methyl sites for hydroxylation is 1. The minimum absolute atomic E-state index is 0.0617. The maximum Gasteiger partial charge on any atom is 0.319 e. The molecule has 1 atom stereocenters. The van der Waals surface area contributed by atoms with Crippen molar-refractivity contribution >= 4 is 11.9 Å². The topological polar surface area (TPSA) is 74.2 Å². The minimum atomic E-state index is -0.0617. The van der Waals surface area contributed by atoms with E-state index in [0.717, 1.165) is 52.1 Å². The highest BCUT2D eigenvalue weighted by Gasteiger charge is 2.35. The van der Waals surface area contributed by atoms with Gasteiger partial charge < -0.3 is 19.4 Å². The van der Waals surface area contributed by atoms with Gasteiger partial charge in [0.2, 0.25) is 0 Å². The minimum Gasteiger partial charge on any atom is -0.381 e. The van der Waals surface area contributed by atoms with Crippen molar-refractivity contribution in [3.05, 3.63) is 18.0 Å². The van der Waals surface area contributed by atoms with E-state index in [9.17, 15) is 9.59 Å². The van der Waals surface area contributed by atoms with Crippen LogP contribution in [0, 0.1) is 0 Å². The zero-order valence-corrected chi connectivity index (χ0v) is 18.1. The lowest BCUT2D eigenvalue weighted by Crippen LogP contribution is -2.50. The average molecular weight is 407 g/mol. The second kappa shape index (κ2) is 9.58. The Bertz CT molecular complexity index is 700. The number of amides is 3. The number of likely N-dealkylation sites (N-methyl/N-ethyl adjacent to an activating group) is 1. The van der Waals surface area contributed by atoms with Gasteiger partial charge in [-0.05, 0) is 25.3 Å². The number of aromatic nitrogens is 2. The summed E-state index contributed by atoms with van der Waals surface area (Å²) < 4.78 is 7.20. The summed E-state index contributed by atoms with van der Waals surface area (Å²) in [6.45, 7) is 4.49. The predicted octanol–water partition coefficient (Wildman–Crippen LogP) is 0.729. The van der Waals surface area contributed by atoms with Crippen LogP contribution in [0.2, 0.25) is 0 Å². The zero-order valence-electron chi connectivity index (χ0n) is 18.1. The average Bonchev–Trinajstić information content (AvgIpc) is 3.37. The number of carbonyl (C=O) groups excluding carboxylic acids is 2. The summed E-state index contributed by atoms with van der Waals surface area (Å²) in [5, 5.41) is 4.22. The van der Waals surface area contributed by atoms with Gasteiger partial charge in [0.25, 0.3) is 5.91 Å². The van der Waals surface area contributed by atoms with Crippen LogP contribution in [0.15, 0.2) is 12.3 Å². The normalized spacial score (nSPS) is 20.3. The van der Waals surface area contributed by atoms with Gasteiger partial charge in [-0.2, -0.15) is 5.10 Å². The lowest BCUT2D eigenvalue weighted by Gasteiger charge is -2.39. The van der Waals surface area contributed by atoms with Gasteiger partial charge in [-0.25, -0.2) is 4.79 Å². The van der Waals surface area contributed by atoms with Crippen LogP contribution < -0.4 is 0 Å². The van der Waals surface area contributed by atoms with E-state index in [1.165, 1.54) is 0 Å². The summed E-state index contributed by atoms with van der Waals surface area (Å²) in [7, 11) is 7.23. The number of urea groups is 1. The van der Waals surface area contributed by atoms with Crippen molar-refractivity contribution in [3.63, 3.8) is 0 Å². The molecule has 3 rings (SSSR count). The second-order valence-electron chi connectivity index (χ2n) is 8.25. The summed E-state index contributed by atoms with van der Waals surface area (Å²) in [5.74, 6) is -0.0617. The third-order valence-electron chi connectivity index (χ3n) is 5.92. The molecule has 9 nitrogen and oxygen atoms in total. The van der Waals surface area contributed by atoms with E-state index in [1.807, 2.05) is 19.0 Å². The molecule has 0 radical (unpaired) electrons. The summed E-state index contributed by atoms with van der Waals surface area (Å²) >= 11 is 0. The lowest BCUT2D eigenvalue weighted by atomic mass is 10.0. The van der Waals surface area contributed by atoms with Crippen molar-refractivity contribution in [3.8, 4) is 0 Å². The molecule has 2 aliphatic rings. The molecule has 0 bridgehead atoms. The molecule has 2 aliphatic heterocycles. The van der Waals surface area contributed by atoms with E-state index in [2.05, 4.69) is 10.00 Å². The number of likely N-dealkylation sites (tertiary alicyclic amines) is 1. The third kappa shape index (κ3) is 5.27. The first-order valence-electron chi connectivity index (χ1n) is 10.4. The number of hydrogen-bond acceptors (Lipinski definition) is 5. The van der Waals surface area contributed by atoms with Crippen LogP contribution in [0.1, 0.15) is 29.8 Å². The van der Waals surface area contributed by atoms with Crippen LogP contribution in [0.4, 0.5) is 4.79 Å². The Morgan fingerprint density at radius 3 is 2.48 bits per heavy atom. The third-order valence-corrected chi connectivity index (χ3v) is 5.92. The molecule has 3 heterocycles. The fourth-order valence-electron chi connectivity index (χ4n) is 4.24. The molecule has 1 unspecified atom stereocenters. The van der Waals surface area contributed by atoms with E-state index in [4.69, 9.17) is 4.74 Å². The van der Waals surface area contributed by atoms with E-state index in [1.54, 1.807) is 40.8 Å². The molecule has 3 amide bonds. The molecule has 162 valence electrons. The van der Waals surface area contributed by atoms with Gasteiger partial charge in [-0.1, -0.05) is 0 Å². The Hall–Kier alpha value is -2.13. The van der Waals surface area contributed by atoms with Crippen molar-refractivity contribution in [1.29, 1.82) is 0 Å². The molecule has 29 heavy (non-hydrogen) atoms. The lowest BCUT2D eigenvalue weighted by molar-refractivity contribution is 0.0151. The first-order chi connectivity index (χ1) is 13.9. The predicted molar refractivity (Wildman–Crippen MR) is 110 cm³/mol. The Morgan fingerprint density at radius 2 is 1.86 bits per heavy atom. The molecule has 1 aromatic heterocycles. The standard InChI is InChI=1S/C20H34N6O3/c1-22(2)20(28)25-10-5-17(15-25)26(16-7-13-29-14-8-16)12-11-23(3)19(27)18-6-9-24(4)21-18/h6,9,16-17H,5,7-8,10-15H2,1-4H3. The maximum absolute atomic E-state index is 12.6. The van der Waals surface area contributed by atoms with E-state index in [0.29, 0.717) is 24.3 Å². The van der Waals surface area contributed by atoms with E-state index < -0.39 is 0 Å². The summed E-state index contributed by atoms with van der Waals surface area (Å²) in [6, 6.07) is 2.57. The summed E-state index contributed by atoms with van der Waals surface area (Å²) in [4.78, 5) is 32.8. The van der Waals surface area contributed by atoms with Gasteiger partial charge in [0.05, 0.1) is 0 Å². The SMILES string of the molecule is CN(C)C(=O)N1CCC(N(CCN(C)C(=O)c2ccn(C)n2)C2CCOCC2)C1. The van der Waals surface area contributed by atoms with Crippen LogP contribution in [0.3, 0.4) is 0 Å². The smallest absolute Gasteiger partial charge is 0.319 e. The van der Waals surface area contributed by atoms with Gasteiger partial charge in [-0.3, -0.25) is 14.4 Å². The highest BCUT2D eigenvalue weighted by atomic mass is 16.5. The first-order valence-corrected chi connectivity index (χ1v) is 10.4. The second-order valence-corrected chi connectivity index (χ2v) is 8.25. The van der Waals surface area contributed by atoms with E-state index >= 15 is 0 Å². The van der Waals surface area contributed by atoms with Crippen molar-refractivity contribution in [2.75, 3.05) is 60.5 Å². The number of rotatable bonds is 6. The number of nitrogens with zero attached hydrogens (tertiary/aromatic N) is 6. The molecular formula is C20H34N6O3. The van der Waals surface area contributed by atoms with Crippen LogP contribution in [-0.2, 0) is 11.8 Å². The van der Waals surface area contributed by atoms with Crippen molar-refractivity contribution in [2.45, 2.75) is 31.3 Å². The van der Waals surface area contributed by atoms with Crippen molar-refractivity contribution in [2.24, 2.45) is 7.05 Å². The zero-order chi connectivity index (χ0) is 21.0. The van der Waals surface area contributed by atoms with Gasteiger partial charge in [0.1, 0.15) is 5.69 Å². The fraction of sp³-hybridized carbons (Fsp3) is 0.750. The monoisotopic (exact) mass is 406 g/mol. The number of hydrogen-bond donors (Lipinski definition) is 0. The highest BCUT2D eigenvalue weighted by molar-refractivity contribution is 5.92. The summed E-state index contributed by atoms with van der Waals surface area (Å²) in [5.41, 5.74) is 0.469. The molecule has 2 fully saturated rings. The van der Waals surface area contributed by atoms with E-state index in [-0.39, 0.29) is 11.9 Å². The van der Waals surface area contributed by atoms with Crippen LogP contribution in [0.5, 0.6) is 0 Å². The molecule has 0 aliphatic carbocycles. The number of ether oxygens (including phenoxy) is 1. The Labute approximate surface area is 173 Å². The van der Waals surface area contributed by atoms with Crippen LogP contribution in [-0.4, -0.2) is 114 Å². The van der Waals surface area contributed by atoms with Gasteiger partial charge in [0.15, 0.2) is 0 Å². The Balaban J connectivity index is 1.63. The molecule has 0 N–H and O–H groups in total. The largest absolute Gasteiger partial charge is 0.381 e. The molecular weight excluding hydrogens is 372 g/mol. The summed E-state index contributed by atoms with van der Waals surface area (Å²) in [6.07, 6.45) is 4.74. The Kier molecular flexibility index (Phi) is 7.13.